The monoisotopic (exact) mass is 271 g/mol. The number of benzene rings is 1. The van der Waals surface area contributed by atoms with Crippen molar-refractivity contribution in [2.24, 2.45) is 0 Å². The average molecular weight is 271 g/mol. The maximum absolute atomic E-state index is 5.32. The predicted octanol–water partition coefficient (Wildman–Crippen LogP) is 2.56. The minimum absolute atomic E-state index is 0.475. The van der Waals surface area contributed by atoms with E-state index in [-0.39, 0.29) is 0 Å². The van der Waals surface area contributed by atoms with Crippen molar-refractivity contribution < 1.29 is 4.74 Å². The van der Waals surface area contributed by atoms with Gasteiger partial charge in [-0.1, -0.05) is 6.07 Å². The summed E-state index contributed by atoms with van der Waals surface area (Å²) >= 11 is 0. The smallest absolute Gasteiger partial charge is 0.119 e. The number of ether oxygens (including phenoxy) is 1. The van der Waals surface area contributed by atoms with Gasteiger partial charge in [-0.25, -0.2) is 4.98 Å². The standard InChI is InChI=1S/C16H21N3O/c1-20-14-5-3-13-4-6-16(15(13)11-14)18-7-2-9-19-10-8-17-12-19/h3,5,8,10-12,16,18H,2,4,6-7,9H2,1H3. The summed E-state index contributed by atoms with van der Waals surface area (Å²) in [4.78, 5) is 4.06. The van der Waals surface area contributed by atoms with Gasteiger partial charge in [-0.3, -0.25) is 0 Å². The van der Waals surface area contributed by atoms with Crippen molar-refractivity contribution in [2.45, 2.75) is 31.8 Å². The Morgan fingerprint density at radius 3 is 3.20 bits per heavy atom. The summed E-state index contributed by atoms with van der Waals surface area (Å²) in [5, 5.41) is 3.66. The summed E-state index contributed by atoms with van der Waals surface area (Å²) < 4.78 is 7.44. The van der Waals surface area contributed by atoms with Gasteiger partial charge in [-0.2, -0.15) is 0 Å². The zero-order valence-corrected chi connectivity index (χ0v) is 11.9. The van der Waals surface area contributed by atoms with E-state index in [0.29, 0.717) is 6.04 Å². The third-order valence-electron chi connectivity index (χ3n) is 3.97. The van der Waals surface area contributed by atoms with Crippen LogP contribution in [0.4, 0.5) is 0 Å². The van der Waals surface area contributed by atoms with E-state index in [2.05, 4.69) is 33.1 Å². The van der Waals surface area contributed by atoms with Gasteiger partial charge in [0, 0.05) is 25.0 Å². The molecule has 0 aliphatic heterocycles. The zero-order valence-electron chi connectivity index (χ0n) is 11.9. The first-order chi connectivity index (χ1) is 9.86. The van der Waals surface area contributed by atoms with Crippen LogP contribution in [-0.4, -0.2) is 23.2 Å². The lowest BCUT2D eigenvalue weighted by molar-refractivity contribution is 0.413. The van der Waals surface area contributed by atoms with E-state index in [1.54, 1.807) is 7.11 Å². The summed E-state index contributed by atoms with van der Waals surface area (Å²) in [5.41, 5.74) is 2.87. The van der Waals surface area contributed by atoms with Crippen LogP contribution in [0.25, 0.3) is 0 Å². The molecule has 0 fully saturated rings. The van der Waals surface area contributed by atoms with Crippen LogP contribution in [0.1, 0.15) is 30.0 Å². The molecule has 0 spiro atoms. The van der Waals surface area contributed by atoms with E-state index < -0.39 is 0 Å². The molecule has 0 radical (unpaired) electrons. The second-order valence-corrected chi connectivity index (χ2v) is 5.26. The molecular weight excluding hydrogens is 250 g/mol. The molecule has 20 heavy (non-hydrogen) atoms. The summed E-state index contributed by atoms with van der Waals surface area (Å²) in [7, 11) is 1.73. The summed E-state index contributed by atoms with van der Waals surface area (Å²) in [6.45, 7) is 2.05. The summed E-state index contributed by atoms with van der Waals surface area (Å²) in [6, 6.07) is 6.90. The molecule has 4 nitrogen and oxygen atoms in total. The topological polar surface area (TPSA) is 39.1 Å². The van der Waals surface area contributed by atoms with Crippen LogP contribution in [0, 0.1) is 0 Å². The van der Waals surface area contributed by atoms with Gasteiger partial charge in [-0.15, -0.1) is 0 Å². The Balaban J connectivity index is 1.52. The number of rotatable bonds is 6. The van der Waals surface area contributed by atoms with Gasteiger partial charge in [-0.05, 0) is 49.1 Å². The molecule has 1 aliphatic carbocycles. The number of nitrogens with zero attached hydrogens (tertiary/aromatic N) is 2. The molecule has 4 heteroatoms. The molecule has 0 saturated heterocycles. The summed E-state index contributed by atoms with van der Waals surface area (Å²) in [5.74, 6) is 0.955. The molecule has 1 unspecified atom stereocenters. The van der Waals surface area contributed by atoms with Crippen LogP contribution < -0.4 is 10.1 Å². The number of hydrogen-bond acceptors (Lipinski definition) is 3. The molecule has 3 rings (SSSR count). The maximum atomic E-state index is 5.32. The Bertz CT molecular complexity index is 551. The van der Waals surface area contributed by atoms with Crippen LogP contribution >= 0.6 is 0 Å². The number of fused-ring (bicyclic) bond motifs is 1. The number of imidazole rings is 1. The van der Waals surface area contributed by atoms with Crippen molar-refractivity contribution in [3.63, 3.8) is 0 Å². The zero-order chi connectivity index (χ0) is 13.8. The third kappa shape index (κ3) is 2.85. The highest BCUT2D eigenvalue weighted by Crippen LogP contribution is 2.33. The van der Waals surface area contributed by atoms with Crippen molar-refractivity contribution in [3.05, 3.63) is 48.0 Å². The first-order valence-corrected chi connectivity index (χ1v) is 7.23. The Morgan fingerprint density at radius 1 is 1.45 bits per heavy atom. The fraction of sp³-hybridized carbons (Fsp3) is 0.438. The van der Waals surface area contributed by atoms with Crippen LogP contribution in [0.3, 0.4) is 0 Å². The fourth-order valence-electron chi connectivity index (χ4n) is 2.88. The van der Waals surface area contributed by atoms with E-state index in [9.17, 15) is 0 Å². The van der Waals surface area contributed by atoms with Gasteiger partial charge in [0.1, 0.15) is 5.75 Å². The van der Waals surface area contributed by atoms with E-state index in [1.807, 2.05) is 18.7 Å². The molecule has 1 aromatic heterocycles. The molecule has 1 aliphatic rings. The number of nitrogens with one attached hydrogen (secondary N) is 1. The number of aryl methyl sites for hydroxylation is 2. The van der Waals surface area contributed by atoms with Crippen molar-refractivity contribution in [1.82, 2.24) is 14.9 Å². The predicted molar refractivity (Wildman–Crippen MR) is 78.9 cm³/mol. The van der Waals surface area contributed by atoms with Gasteiger partial charge >= 0.3 is 0 Å². The highest BCUT2D eigenvalue weighted by atomic mass is 16.5. The van der Waals surface area contributed by atoms with Crippen molar-refractivity contribution in [1.29, 1.82) is 0 Å². The minimum Gasteiger partial charge on any atom is -0.497 e. The SMILES string of the molecule is COc1ccc2c(c1)C(NCCCn1ccnc1)CC2. The molecule has 1 aromatic carbocycles. The van der Waals surface area contributed by atoms with Gasteiger partial charge in [0.25, 0.3) is 0 Å². The van der Waals surface area contributed by atoms with Crippen molar-refractivity contribution in [2.75, 3.05) is 13.7 Å². The lowest BCUT2D eigenvalue weighted by atomic mass is 10.1. The molecular formula is C16H21N3O. The van der Waals surface area contributed by atoms with Gasteiger partial charge in [0.15, 0.2) is 0 Å². The Labute approximate surface area is 119 Å². The van der Waals surface area contributed by atoms with Crippen molar-refractivity contribution in [3.8, 4) is 5.75 Å². The highest BCUT2D eigenvalue weighted by Gasteiger charge is 2.22. The average Bonchev–Trinajstić information content (AvgIpc) is 3.13. The van der Waals surface area contributed by atoms with E-state index in [0.717, 1.165) is 25.3 Å². The van der Waals surface area contributed by atoms with Gasteiger partial charge < -0.3 is 14.6 Å². The van der Waals surface area contributed by atoms with Gasteiger partial charge in [0.05, 0.1) is 13.4 Å². The highest BCUT2D eigenvalue weighted by molar-refractivity contribution is 5.40. The molecule has 0 saturated carbocycles. The quantitative estimate of drug-likeness (QED) is 0.821. The first-order valence-electron chi connectivity index (χ1n) is 7.23. The number of aromatic nitrogens is 2. The molecule has 2 aromatic rings. The molecule has 0 bridgehead atoms. The normalized spacial score (nSPS) is 17.1. The molecule has 1 heterocycles. The number of methoxy groups -OCH3 is 1. The van der Waals surface area contributed by atoms with Crippen LogP contribution in [-0.2, 0) is 13.0 Å². The van der Waals surface area contributed by atoms with E-state index >= 15 is 0 Å². The van der Waals surface area contributed by atoms with Gasteiger partial charge in [0.2, 0.25) is 0 Å². The maximum Gasteiger partial charge on any atom is 0.119 e. The fourth-order valence-corrected chi connectivity index (χ4v) is 2.88. The lowest BCUT2D eigenvalue weighted by Crippen LogP contribution is -2.21. The second-order valence-electron chi connectivity index (χ2n) is 5.26. The van der Waals surface area contributed by atoms with Crippen LogP contribution in [0.15, 0.2) is 36.9 Å². The van der Waals surface area contributed by atoms with Crippen LogP contribution in [0.2, 0.25) is 0 Å². The van der Waals surface area contributed by atoms with Crippen LogP contribution in [0.5, 0.6) is 5.75 Å². The number of hydrogen-bond donors (Lipinski definition) is 1. The molecule has 1 atom stereocenters. The minimum atomic E-state index is 0.475. The Kier molecular flexibility index (Phi) is 4.02. The second kappa shape index (κ2) is 6.09. The third-order valence-corrected chi connectivity index (χ3v) is 3.97. The van der Waals surface area contributed by atoms with E-state index in [1.165, 1.54) is 24.0 Å². The van der Waals surface area contributed by atoms with Crippen molar-refractivity contribution >= 4 is 0 Å². The Hall–Kier alpha value is -1.81. The lowest BCUT2D eigenvalue weighted by Gasteiger charge is -2.15. The molecule has 1 N–H and O–H groups in total. The van der Waals surface area contributed by atoms with E-state index in [4.69, 9.17) is 4.74 Å². The molecule has 106 valence electrons. The molecule has 0 amide bonds. The largest absolute Gasteiger partial charge is 0.497 e. The Morgan fingerprint density at radius 2 is 2.40 bits per heavy atom. The summed E-state index contributed by atoms with van der Waals surface area (Å²) in [6.07, 6.45) is 9.18. The first kappa shape index (κ1) is 13.2.